The number of carbonyl (C=O) groups is 1. The monoisotopic (exact) mass is 651 g/mol. The third-order valence-corrected chi connectivity index (χ3v) is 7.81. The Balaban J connectivity index is 1.57. The molecule has 0 radical (unpaired) electrons. The Morgan fingerprint density at radius 2 is 1.40 bits per heavy atom. The summed E-state index contributed by atoms with van der Waals surface area (Å²) in [4.78, 5) is 12.2. The molecule has 3 heterocycles. The van der Waals surface area contributed by atoms with E-state index in [0.29, 0.717) is 0 Å². The first-order valence-corrected chi connectivity index (χ1v) is 14.3. The van der Waals surface area contributed by atoms with Crippen molar-refractivity contribution in [2.75, 3.05) is 26.4 Å². The van der Waals surface area contributed by atoms with E-state index in [1.165, 1.54) is 0 Å². The Morgan fingerprint density at radius 3 is 2.02 bits per heavy atom. The van der Waals surface area contributed by atoms with E-state index in [2.05, 4.69) is 5.32 Å². The van der Waals surface area contributed by atoms with Crippen molar-refractivity contribution in [2.45, 2.75) is 98.7 Å². The minimum Gasteiger partial charge on any atom is -0.394 e. The van der Waals surface area contributed by atoms with Crippen molar-refractivity contribution in [3.8, 4) is 0 Å². The largest absolute Gasteiger partial charge is 0.394 e. The molecule has 3 aliphatic rings. The molecule has 18 heteroatoms. The van der Waals surface area contributed by atoms with Gasteiger partial charge in [-0.15, -0.1) is 0 Å². The van der Waals surface area contributed by atoms with E-state index < -0.39 is 124 Å². The number of hydrogen-bond donors (Lipinski definition) is 11. The average Bonchev–Trinajstić information content (AvgIpc) is 3.36. The molecule has 3 aliphatic heterocycles. The van der Waals surface area contributed by atoms with Gasteiger partial charge in [0.2, 0.25) is 5.91 Å². The van der Waals surface area contributed by atoms with Crippen LogP contribution in [0.1, 0.15) is 5.56 Å². The molecule has 15 atom stereocenters. The molecule has 4 rings (SSSR count). The number of aliphatic hydroxyl groups excluding tert-OH is 10. The van der Waals surface area contributed by atoms with Gasteiger partial charge in [0, 0.05) is 0 Å². The second-order valence-corrected chi connectivity index (χ2v) is 10.9. The molecule has 1 aromatic rings. The molecule has 0 aromatic heterocycles. The van der Waals surface area contributed by atoms with E-state index in [1.807, 2.05) is 0 Å². The van der Waals surface area contributed by atoms with Crippen LogP contribution in [0.3, 0.4) is 0 Å². The van der Waals surface area contributed by atoms with Crippen LogP contribution >= 0.6 is 0 Å². The lowest BCUT2D eigenvalue weighted by Gasteiger charge is -2.45. The number of rotatable bonds is 13. The van der Waals surface area contributed by atoms with Crippen LogP contribution in [0.5, 0.6) is 0 Å². The first-order valence-electron chi connectivity index (χ1n) is 14.3. The summed E-state index contributed by atoms with van der Waals surface area (Å²) in [6.07, 6.45) is -23.0. The molecule has 45 heavy (non-hydrogen) atoms. The first-order chi connectivity index (χ1) is 21.5. The third-order valence-electron chi connectivity index (χ3n) is 7.81. The summed E-state index contributed by atoms with van der Waals surface area (Å²) in [5.74, 6) is -0.903. The molecular formula is C27H41NO17. The van der Waals surface area contributed by atoms with Crippen LogP contribution < -0.4 is 5.32 Å². The van der Waals surface area contributed by atoms with Gasteiger partial charge < -0.3 is 84.8 Å². The highest BCUT2D eigenvalue weighted by Gasteiger charge is 2.55. The quantitative estimate of drug-likeness (QED) is 0.0946. The lowest BCUT2D eigenvalue weighted by Crippen LogP contribution is -2.66. The minimum atomic E-state index is -1.90. The number of benzene rings is 1. The first kappa shape index (κ1) is 35.9. The van der Waals surface area contributed by atoms with Crippen molar-refractivity contribution in [1.82, 2.24) is 5.32 Å². The van der Waals surface area contributed by atoms with Crippen LogP contribution in [-0.2, 0) is 39.8 Å². The van der Waals surface area contributed by atoms with Crippen LogP contribution in [0, 0.1) is 0 Å². The summed E-state index contributed by atoms with van der Waals surface area (Å²) >= 11 is 0. The molecule has 256 valence electrons. The van der Waals surface area contributed by atoms with Gasteiger partial charge in [0.25, 0.3) is 0 Å². The van der Waals surface area contributed by atoms with Crippen molar-refractivity contribution in [1.29, 1.82) is 0 Å². The molecule has 3 fully saturated rings. The van der Waals surface area contributed by atoms with Crippen molar-refractivity contribution in [2.24, 2.45) is 0 Å². The molecule has 0 bridgehead atoms. The molecule has 1 amide bonds. The number of amides is 1. The standard InChI is InChI=1S/C27H41NO17/c29-6-12(33)22-21(39)24(45-26-20(38)19(37)17(35)13(7-30)41-26)27(43-22)44-23-14(8-31)42-25(16(18(23)36)28-15(34)9-32)40-10-11-4-2-1-3-5-11/h1-5,12-14,16-27,29-33,35-39H,6-10H2,(H,28,34)/t12-,13-,14-,16-,17+,18-,19+,20-,21+,22+,23-,24-,25+,26+,27+/m1/s1. The van der Waals surface area contributed by atoms with Crippen molar-refractivity contribution in [3.63, 3.8) is 0 Å². The van der Waals surface area contributed by atoms with Gasteiger partial charge in [0.15, 0.2) is 18.9 Å². The maximum Gasteiger partial charge on any atom is 0.246 e. The van der Waals surface area contributed by atoms with Gasteiger partial charge in [0.1, 0.15) is 79.8 Å². The predicted molar refractivity (Wildman–Crippen MR) is 143 cm³/mol. The van der Waals surface area contributed by atoms with Crippen LogP contribution in [0.4, 0.5) is 0 Å². The summed E-state index contributed by atoms with van der Waals surface area (Å²) in [6, 6.07) is 7.45. The summed E-state index contributed by atoms with van der Waals surface area (Å²) < 4.78 is 34.2. The minimum absolute atomic E-state index is 0.0267. The van der Waals surface area contributed by atoms with Gasteiger partial charge in [-0.2, -0.15) is 0 Å². The van der Waals surface area contributed by atoms with Gasteiger partial charge in [-0.25, -0.2) is 0 Å². The topological polar surface area (TPSA) is 287 Å². The summed E-state index contributed by atoms with van der Waals surface area (Å²) in [5, 5.41) is 104. The molecule has 18 nitrogen and oxygen atoms in total. The normalized spacial score (nSPS) is 41.1. The van der Waals surface area contributed by atoms with E-state index in [9.17, 15) is 55.9 Å². The lowest BCUT2D eigenvalue weighted by molar-refractivity contribution is -0.341. The van der Waals surface area contributed by atoms with Gasteiger partial charge in [-0.3, -0.25) is 4.79 Å². The van der Waals surface area contributed by atoms with Crippen molar-refractivity contribution >= 4 is 5.91 Å². The average molecular weight is 652 g/mol. The number of nitrogens with one attached hydrogen (secondary N) is 1. The molecule has 0 aliphatic carbocycles. The lowest BCUT2D eigenvalue weighted by atomic mass is 9.96. The van der Waals surface area contributed by atoms with Gasteiger partial charge in [0.05, 0.1) is 26.4 Å². The highest BCUT2D eigenvalue weighted by atomic mass is 16.8. The SMILES string of the molecule is O=C(CO)N[C@H]1[C@@H](OCc2ccccc2)O[C@H](CO)[C@@H](O[C@@H]2O[C@@H]([C@H](O)CO)[C@H](O)[C@H]2O[C@@H]2O[C@H](CO)[C@H](O)[C@H](O)[C@H]2O)[C@@H]1O. The second kappa shape index (κ2) is 16.2. The molecule has 3 saturated heterocycles. The van der Waals surface area contributed by atoms with E-state index in [0.717, 1.165) is 5.56 Å². The number of ether oxygens (including phenoxy) is 6. The maximum absolute atomic E-state index is 12.2. The van der Waals surface area contributed by atoms with E-state index in [-0.39, 0.29) is 6.61 Å². The summed E-state index contributed by atoms with van der Waals surface area (Å²) in [6.45, 7) is -3.38. The molecule has 11 N–H and O–H groups in total. The zero-order valence-corrected chi connectivity index (χ0v) is 23.9. The number of hydrogen-bond acceptors (Lipinski definition) is 17. The second-order valence-electron chi connectivity index (χ2n) is 10.9. The molecule has 0 saturated carbocycles. The molecule has 1 aromatic carbocycles. The van der Waals surface area contributed by atoms with Crippen molar-refractivity contribution in [3.05, 3.63) is 35.9 Å². The third kappa shape index (κ3) is 8.14. The fraction of sp³-hybridized carbons (Fsp3) is 0.741. The van der Waals surface area contributed by atoms with E-state index in [4.69, 9.17) is 28.4 Å². The number of aliphatic hydroxyl groups is 10. The number of carbonyl (C=O) groups excluding carboxylic acids is 1. The van der Waals surface area contributed by atoms with Crippen LogP contribution in [0.25, 0.3) is 0 Å². The van der Waals surface area contributed by atoms with E-state index in [1.54, 1.807) is 30.3 Å². The Hall–Kier alpha value is -1.95. The smallest absolute Gasteiger partial charge is 0.246 e. The van der Waals surface area contributed by atoms with Crippen LogP contribution in [-0.4, -0.2) is 175 Å². The zero-order valence-electron chi connectivity index (χ0n) is 23.9. The summed E-state index contributed by atoms with van der Waals surface area (Å²) in [5.41, 5.74) is 0.719. The van der Waals surface area contributed by atoms with Crippen molar-refractivity contribution < 1.29 is 84.3 Å². The Kier molecular flexibility index (Phi) is 13.0. The van der Waals surface area contributed by atoms with E-state index >= 15 is 0 Å². The Bertz CT molecular complexity index is 1050. The van der Waals surface area contributed by atoms with Gasteiger partial charge >= 0.3 is 0 Å². The van der Waals surface area contributed by atoms with Gasteiger partial charge in [-0.05, 0) is 5.56 Å². The summed E-state index contributed by atoms with van der Waals surface area (Å²) in [7, 11) is 0. The Morgan fingerprint density at radius 1 is 0.756 bits per heavy atom. The highest BCUT2D eigenvalue weighted by molar-refractivity contribution is 5.77. The predicted octanol–water partition coefficient (Wildman–Crippen LogP) is -6.23. The maximum atomic E-state index is 12.2. The van der Waals surface area contributed by atoms with Crippen LogP contribution in [0.15, 0.2) is 30.3 Å². The fourth-order valence-electron chi connectivity index (χ4n) is 5.34. The Labute approximate surface area is 256 Å². The van der Waals surface area contributed by atoms with Crippen LogP contribution in [0.2, 0.25) is 0 Å². The molecule has 0 spiro atoms. The highest BCUT2D eigenvalue weighted by Crippen LogP contribution is 2.34. The fourth-order valence-corrected chi connectivity index (χ4v) is 5.34. The molecule has 0 unspecified atom stereocenters. The van der Waals surface area contributed by atoms with Gasteiger partial charge in [-0.1, -0.05) is 30.3 Å². The zero-order chi connectivity index (χ0) is 32.8. The molecular weight excluding hydrogens is 610 g/mol.